The van der Waals surface area contributed by atoms with Crippen LogP contribution in [0.3, 0.4) is 0 Å². The van der Waals surface area contributed by atoms with Gasteiger partial charge in [0.2, 0.25) is 0 Å². The molecule has 0 saturated carbocycles. The van der Waals surface area contributed by atoms with Gasteiger partial charge in [-0.2, -0.15) is 8.42 Å². The molecule has 0 aliphatic rings. The van der Waals surface area contributed by atoms with E-state index >= 15 is 0 Å². The zero-order valence-corrected chi connectivity index (χ0v) is 25.8. The normalized spacial score (nSPS) is 14.9. The van der Waals surface area contributed by atoms with E-state index in [0.29, 0.717) is 25.7 Å². The van der Waals surface area contributed by atoms with E-state index < -0.39 is 32.7 Å². The summed E-state index contributed by atoms with van der Waals surface area (Å²) in [6.45, 7) is 7.80. The summed E-state index contributed by atoms with van der Waals surface area (Å²) in [5.41, 5.74) is -2.05. The number of rotatable bonds is 16. The molecule has 0 spiro atoms. The molecular weight excluding hydrogens is 536 g/mol. The van der Waals surface area contributed by atoms with Crippen molar-refractivity contribution in [2.24, 2.45) is 31.3 Å². The SMILES string of the molecule is CCCCC(CC)CC(CC(CC)CCCC)(C(=O)O)C(C(=O)O)S(=O)(=O)O.Cn1ccnc1.Cn1ccnc1. The van der Waals surface area contributed by atoms with Crippen LogP contribution in [0.2, 0.25) is 0 Å². The summed E-state index contributed by atoms with van der Waals surface area (Å²) in [6.07, 6.45) is 16.8. The third kappa shape index (κ3) is 13.6. The molecule has 2 aromatic heterocycles. The van der Waals surface area contributed by atoms with Gasteiger partial charge in [0, 0.05) is 38.9 Å². The van der Waals surface area contributed by atoms with Crippen LogP contribution in [0.25, 0.3) is 0 Å². The summed E-state index contributed by atoms with van der Waals surface area (Å²) >= 11 is 0. The Morgan fingerprint density at radius 3 is 1.40 bits per heavy atom. The number of hydrogen-bond donors (Lipinski definition) is 3. The maximum Gasteiger partial charge on any atom is 0.325 e. The minimum Gasteiger partial charge on any atom is -0.481 e. The number of aromatic nitrogens is 4. The quantitative estimate of drug-likeness (QED) is 0.217. The van der Waals surface area contributed by atoms with E-state index in [1.165, 1.54) is 0 Å². The Balaban J connectivity index is 0.00000102. The van der Waals surface area contributed by atoms with E-state index in [9.17, 15) is 32.8 Å². The molecular formula is C28H50N4O7S. The van der Waals surface area contributed by atoms with Crippen molar-refractivity contribution < 1.29 is 32.8 Å². The highest BCUT2D eigenvalue weighted by Gasteiger charge is 2.57. The van der Waals surface area contributed by atoms with Crippen molar-refractivity contribution >= 4 is 22.1 Å². The summed E-state index contributed by atoms with van der Waals surface area (Å²) in [6, 6.07) is 0. The van der Waals surface area contributed by atoms with Crippen LogP contribution in [0.5, 0.6) is 0 Å². The van der Waals surface area contributed by atoms with Crippen LogP contribution in [-0.4, -0.2) is 59.5 Å². The molecule has 2 heterocycles. The first-order chi connectivity index (χ1) is 18.8. The fourth-order valence-corrected chi connectivity index (χ4v) is 5.92. The van der Waals surface area contributed by atoms with Crippen LogP contribution >= 0.6 is 0 Å². The second-order valence-electron chi connectivity index (χ2n) is 10.4. The third-order valence-electron chi connectivity index (χ3n) is 7.12. The van der Waals surface area contributed by atoms with E-state index in [4.69, 9.17) is 0 Å². The van der Waals surface area contributed by atoms with Gasteiger partial charge in [0.05, 0.1) is 18.1 Å². The molecule has 230 valence electrons. The standard InChI is InChI=1S/C20H38O7S.2C4H6N2/c1-5-9-11-15(7-3)13-20(19(23)24,14-16(8-4)12-10-6-2)17(18(21)22)28(25,26)27;2*1-6-3-2-5-4-6/h15-17H,5-14H2,1-4H3,(H,21,22)(H,23,24)(H,25,26,27);2*2-4H,1H3. The molecule has 3 unspecified atom stereocenters. The van der Waals surface area contributed by atoms with E-state index in [2.05, 4.69) is 9.97 Å². The van der Waals surface area contributed by atoms with Crippen molar-refractivity contribution in [3.8, 4) is 0 Å². The van der Waals surface area contributed by atoms with Crippen molar-refractivity contribution in [1.29, 1.82) is 0 Å². The number of aliphatic carboxylic acids is 2. The highest BCUT2D eigenvalue weighted by atomic mass is 32.2. The number of carbonyl (C=O) groups is 2. The minimum absolute atomic E-state index is 0.0712. The van der Waals surface area contributed by atoms with Gasteiger partial charge in [-0.3, -0.25) is 14.1 Å². The van der Waals surface area contributed by atoms with Gasteiger partial charge in [0.15, 0.2) is 5.25 Å². The van der Waals surface area contributed by atoms with Gasteiger partial charge in [-0.25, -0.2) is 9.97 Å². The van der Waals surface area contributed by atoms with E-state index in [0.717, 1.165) is 25.7 Å². The number of nitrogens with zero attached hydrogens (tertiary/aromatic N) is 4. The molecule has 12 heteroatoms. The van der Waals surface area contributed by atoms with Gasteiger partial charge >= 0.3 is 11.9 Å². The lowest BCUT2D eigenvalue weighted by Crippen LogP contribution is -2.53. The number of imidazole rings is 2. The molecule has 0 aromatic carbocycles. The summed E-state index contributed by atoms with van der Waals surface area (Å²) in [7, 11) is -1.22. The van der Waals surface area contributed by atoms with Gasteiger partial charge in [-0.1, -0.05) is 79.1 Å². The first kappa shape index (κ1) is 37.3. The van der Waals surface area contributed by atoms with Crippen LogP contribution in [0.4, 0.5) is 0 Å². The zero-order chi connectivity index (χ0) is 30.8. The molecule has 0 aliphatic heterocycles. The molecule has 0 saturated heterocycles. The minimum atomic E-state index is -5.10. The van der Waals surface area contributed by atoms with Crippen LogP contribution < -0.4 is 0 Å². The van der Waals surface area contributed by atoms with Crippen LogP contribution in [0, 0.1) is 17.3 Å². The van der Waals surface area contributed by atoms with Gasteiger partial charge < -0.3 is 19.3 Å². The zero-order valence-electron chi connectivity index (χ0n) is 24.9. The van der Waals surface area contributed by atoms with Gasteiger partial charge in [-0.15, -0.1) is 0 Å². The molecule has 11 nitrogen and oxygen atoms in total. The number of aryl methyl sites for hydroxylation is 2. The molecule has 3 atom stereocenters. The maximum atomic E-state index is 12.4. The predicted octanol–water partition coefficient (Wildman–Crippen LogP) is 5.45. The molecule has 0 amide bonds. The van der Waals surface area contributed by atoms with Gasteiger partial charge in [-0.05, 0) is 24.7 Å². The first-order valence-corrected chi connectivity index (χ1v) is 15.5. The average molecular weight is 587 g/mol. The number of hydrogen-bond acceptors (Lipinski definition) is 6. The molecule has 2 rings (SSSR count). The second-order valence-corrected chi connectivity index (χ2v) is 11.9. The van der Waals surface area contributed by atoms with E-state index in [1.54, 1.807) is 25.0 Å². The fourth-order valence-electron chi connectivity index (χ4n) is 4.80. The van der Waals surface area contributed by atoms with Crippen molar-refractivity contribution in [3.05, 3.63) is 37.4 Å². The number of carboxylic acids is 2. The Kier molecular flexibility index (Phi) is 18.0. The Morgan fingerprint density at radius 2 is 1.23 bits per heavy atom. The molecule has 3 N–H and O–H groups in total. The Labute approximate surface area is 239 Å². The van der Waals surface area contributed by atoms with Crippen LogP contribution in [0.15, 0.2) is 37.4 Å². The van der Waals surface area contributed by atoms with Crippen molar-refractivity contribution in [2.75, 3.05) is 0 Å². The smallest absolute Gasteiger partial charge is 0.325 e. The van der Waals surface area contributed by atoms with Crippen molar-refractivity contribution in [2.45, 2.75) is 97.2 Å². The Bertz CT molecular complexity index is 991. The summed E-state index contributed by atoms with van der Waals surface area (Å²) < 4.78 is 37.5. The molecule has 0 bridgehead atoms. The highest BCUT2D eigenvalue weighted by Crippen LogP contribution is 2.44. The maximum absolute atomic E-state index is 12.4. The summed E-state index contributed by atoms with van der Waals surface area (Å²) in [5.74, 6) is -3.50. The lowest BCUT2D eigenvalue weighted by molar-refractivity contribution is -0.158. The monoisotopic (exact) mass is 586 g/mol. The average Bonchev–Trinajstić information content (AvgIpc) is 3.56. The predicted molar refractivity (Wildman–Crippen MR) is 155 cm³/mol. The van der Waals surface area contributed by atoms with Gasteiger partial charge in [0.25, 0.3) is 10.1 Å². The number of unbranched alkanes of at least 4 members (excludes halogenated alkanes) is 2. The van der Waals surface area contributed by atoms with Gasteiger partial charge in [0.1, 0.15) is 0 Å². The van der Waals surface area contributed by atoms with Crippen LogP contribution in [0.1, 0.15) is 91.9 Å². The first-order valence-electron chi connectivity index (χ1n) is 14.0. The molecule has 40 heavy (non-hydrogen) atoms. The van der Waals surface area contributed by atoms with E-state index in [-0.39, 0.29) is 24.7 Å². The summed E-state index contributed by atoms with van der Waals surface area (Å²) in [5, 5.41) is 17.3. The molecule has 0 fully saturated rings. The topological polar surface area (TPSA) is 165 Å². The Morgan fingerprint density at radius 1 is 0.825 bits per heavy atom. The lowest BCUT2D eigenvalue weighted by Gasteiger charge is -2.38. The molecule has 0 aliphatic carbocycles. The molecule has 0 radical (unpaired) electrons. The molecule has 2 aromatic rings. The largest absolute Gasteiger partial charge is 0.481 e. The second kappa shape index (κ2) is 19.4. The van der Waals surface area contributed by atoms with E-state index in [1.807, 2.05) is 63.3 Å². The third-order valence-corrected chi connectivity index (χ3v) is 8.36. The van der Waals surface area contributed by atoms with Crippen molar-refractivity contribution in [3.63, 3.8) is 0 Å². The van der Waals surface area contributed by atoms with Crippen LogP contribution in [-0.2, 0) is 33.8 Å². The fraction of sp³-hybridized carbons (Fsp3) is 0.714. The number of carboxylic acid groups (broad SMARTS) is 2. The van der Waals surface area contributed by atoms with Crippen molar-refractivity contribution in [1.82, 2.24) is 19.1 Å². The Hall–Kier alpha value is -2.73. The highest BCUT2D eigenvalue weighted by molar-refractivity contribution is 7.87. The summed E-state index contributed by atoms with van der Waals surface area (Å²) in [4.78, 5) is 31.9. The lowest BCUT2D eigenvalue weighted by atomic mass is 9.68.